The van der Waals surface area contributed by atoms with Crippen molar-refractivity contribution < 1.29 is 14.3 Å². The second-order valence-electron chi connectivity index (χ2n) is 11.2. The molecule has 0 spiro atoms. The summed E-state index contributed by atoms with van der Waals surface area (Å²) < 4.78 is 7.30. The molecule has 0 bridgehead atoms. The van der Waals surface area contributed by atoms with Gasteiger partial charge in [-0.2, -0.15) is 5.10 Å². The summed E-state index contributed by atoms with van der Waals surface area (Å²) in [5.41, 5.74) is 4.15. The van der Waals surface area contributed by atoms with Crippen molar-refractivity contribution >= 4 is 11.9 Å². The number of rotatable bonds is 1. The number of hydrogen-bond donors (Lipinski definition) is 0. The topological polar surface area (TPSA) is 61.2 Å². The maximum absolute atomic E-state index is 12.2. The number of nitrogens with zero attached hydrogens (tertiary/aromatic N) is 2. The van der Waals surface area contributed by atoms with Crippen LogP contribution in [0.1, 0.15) is 94.4 Å². The van der Waals surface area contributed by atoms with E-state index in [0.29, 0.717) is 17.3 Å². The Morgan fingerprint density at radius 2 is 1.83 bits per heavy atom. The van der Waals surface area contributed by atoms with Gasteiger partial charge in [-0.1, -0.05) is 13.8 Å². The highest BCUT2D eigenvalue weighted by atomic mass is 16.5. The predicted molar refractivity (Wildman–Crippen MR) is 114 cm³/mol. The molecule has 1 heterocycles. The van der Waals surface area contributed by atoms with Crippen molar-refractivity contribution in [3.05, 3.63) is 17.0 Å². The van der Waals surface area contributed by atoms with E-state index < -0.39 is 0 Å². The van der Waals surface area contributed by atoms with Crippen molar-refractivity contribution in [3.8, 4) is 0 Å². The van der Waals surface area contributed by atoms with Crippen LogP contribution in [0.2, 0.25) is 0 Å². The molecule has 0 radical (unpaired) electrons. The van der Waals surface area contributed by atoms with E-state index >= 15 is 0 Å². The van der Waals surface area contributed by atoms with Crippen molar-refractivity contribution in [2.24, 2.45) is 29.1 Å². The van der Waals surface area contributed by atoms with Gasteiger partial charge in [0.2, 0.25) is 5.91 Å². The smallest absolute Gasteiger partial charge is 0.302 e. The van der Waals surface area contributed by atoms with Gasteiger partial charge in [0, 0.05) is 19.4 Å². The van der Waals surface area contributed by atoms with Crippen LogP contribution in [0.5, 0.6) is 0 Å². The zero-order chi connectivity index (χ0) is 21.4. The van der Waals surface area contributed by atoms with Gasteiger partial charge in [0.05, 0.1) is 11.4 Å². The lowest BCUT2D eigenvalue weighted by Crippen LogP contribution is -2.54. The summed E-state index contributed by atoms with van der Waals surface area (Å²) in [5.74, 6) is 2.66. The Hall–Kier alpha value is -1.65. The van der Waals surface area contributed by atoms with Gasteiger partial charge in [0.15, 0.2) is 0 Å². The predicted octanol–water partition coefficient (Wildman–Crippen LogP) is 4.84. The van der Waals surface area contributed by atoms with Crippen LogP contribution in [-0.4, -0.2) is 27.8 Å². The summed E-state index contributed by atoms with van der Waals surface area (Å²) in [5, 5.41) is 4.61. The maximum atomic E-state index is 12.2. The monoisotopic (exact) mass is 412 g/mol. The highest BCUT2D eigenvalue weighted by Gasteiger charge is 2.60. The number of fused-ring (bicyclic) bond motifs is 7. The van der Waals surface area contributed by atoms with Gasteiger partial charge in [-0.15, -0.1) is 0 Å². The Balaban J connectivity index is 1.43. The standard InChI is InChI=1S/C25H36N2O3/c1-14-23-22(27(26-14)15(2)28)13-21-19-7-6-17-12-18(30-16(3)29)8-10-24(17,4)20(19)9-11-25(21,23)5/h17-21H,6-13H2,1-5H3/t17-,18+,19+,20+,21-,24-,25-/m0/s1. The minimum atomic E-state index is -0.135. The Kier molecular flexibility index (Phi) is 4.51. The molecule has 4 aliphatic rings. The van der Waals surface area contributed by atoms with Crippen molar-refractivity contribution in [1.82, 2.24) is 9.78 Å². The van der Waals surface area contributed by atoms with Gasteiger partial charge in [-0.3, -0.25) is 9.59 Å². The van der Waals surface area contributed by atoms with Crippen molar-refractivity contribution in [2.75, 3.05) is 0 Å². The lowest BCUT2D eigenvalue weighted by atomic mass is 9.45. The molecule has 0 aliphatic heterocycles. The summed E-state index contributed by atoms with van der Waals surface area (Å²) >= 11 is 0. The number of carbonyl (C=O) groups excluding carboxylic acids is 2. The van der Waals surface area contributed by atoms with Gasteiger partial charge in [-0.05, 0) is 92.8 Å². The SMILES string of the molecule is CC(=O)O[C@@H]1CC[C@@]2(C)[C@@H](CC[C@@H]3[C@H]2CC[C@]2(C)c4c(C)nn(C(C)=O)c4C[C@@H]32)C1. The van der Waals surface area contributed by atoms with Crippen LogP contribution < -0.4 is 0 Å². The highest BCUT2D eigenvalue weighted by molar-refractivity contribution is 5.77. The lowest BCUT2D eigenvalue weighted by Gasteiger charge is -2.60. The first-order valence-electron chi connectivity index (χ1n) is 11.9. The molecule has 164 valence electrons. The highest BCUT2D eigenvalue weighted by Crippen LogP contribution is 2.66. The van der Waals surface area contributed by atoms with Gasteiger partial charge in [0.1, 0.15) is 6.10 Å². The van der Waals surface area contributed by atoms with E-state index in [1.54, 1.807) is 11.6 Å². The number of carbonyl (C=O) groups is 2. The molecule has 7 atom stereocenters. The van der Waals surface area contributed by atoms with E-state index in [0.717, 1.165) is 36.8 Å². The van der Waals surface area contributed by atoms with Crippen LogP contribution in [0, 0.1) is 36.0 Å². The second-order valence-corrected chi connectivity index (χ2v) is 11.2. The molecule has 1 aromatic rings. The largest absolute Gasteiger partial charge is 0.463 e. The van der Waals surface area contributed by atoms with E-state index in [9.17, 15) is 9.59 Å². The fourth-order valence-corrected chi connectivity index (χ4v) is 8.54. The Labute approximate surface area is 179 Å². The summed E-state index contributed by atoms with van der Waals surface area (Å²) in [4.78, 5) is 23.7. The van der Waals surface area contributed by atoms with Gasteiger partial charge < -0.3 is 4.74 Å². The fraction of sp³-hybridized carbons (Fsp3) is 0.800. The molecule has 1 aromatic heterocycles. The van der Waals surface area contributed by atoms with E-state index in [2.05, 4.69) is 25.9 Å². The van der Waals surface area contributed by atoms with Crippen LogP contribution in [0.15, 0.2) is 0 Å². The second kappa shape index (κ2) is 6.67. The van der Waals surface area contributed by atoms with Crippen LogP contribution in [0.25, 0.3) is 0 Å². The molecule has 5 heteroatoms. The minimum absolute atomic E-state index is 0.0395. The molecule has 30 heavy (non-hydrogen) atoms. The summed E-state index contributed by atoms with van der Waals surface area (Å²) in [6.45, 7) is 10.2. The van der Waals surface area contributed by atoms with Crippen LogP contribution in [0.4, 0.5) is 0 Å². The third-order valence-corrected chi connectivity index (χ3v) is 9.78. The Morgan fingerprint density at radius 3 is 2.53 bits per heavy atom. The normalized spacial score (nSPS) is 42.0. The zero-order valence-electron chi connectivity index (χ0n) is 19.2. The number of esters is 1. The number of ether oxygens (including phenoxy) is 1. The molecule has 0 unspecified atom stereocenters. The van der Waals surface area contributed by atoms with Crippen LogP contribution in [-0.2, 0) is 21.4 Å². The molecular formula is C25H36N2O3. The van der Waals surface area contributed by atoms with Crippen LogP contribution in [0.3, 0.4) is 0 Å². The molecule has 0 aromatic carbocycles. The first-order chi connectivity index (χ1) is 14.1. The lowest BCUT2D eigenvalue weighted by molar-refractivity contribution is -0.157. The molecule has 3 saturated carbocycles. The summed E-state index contributed by atoms with van der Waals surface area (Å²) in [7, 11) is 0. The molecule has 3 fully saturated rings. The summed E-state index contributed by atoms with van der Waals surface area (Å²) in [6.07, 6.45) is 9.34. The quantitative estimate of drug-likeness (QED) is 0.619. The zero-order valence-corrected chi connectivity index (χ0v) is 19.2. The van der Waals surface area contributed by atoms with E-state index in [1.807, 2.05) is 0 Å². The average molecular weight is 413 g/mol. The molecule has 0 saturated heterocycles. The number of aryl methyl sites for hydroxylation is 1. The first kappa shape index (κ1) is 20.3. The van der Waals surface area contributed by atoms with E-state index in [1.165, 1.54) is 50.3 Å². The molecule has 0 amide bonds. The van der Waals surface area contributed by atoms with Crippen molar-refractivity contribution in [3.63, 3.8) is 0 Å². The minimum Gasteiger partial charge on any atom is -0.463 e. The van der Waals surface area contributed by atoms with Crippen molar-refractivity contribution in [2.45, 2.75) is 97.5 Å². The molecule has 5 nitrogen and oxygen atoms in total. The first-order valence-corrected chi connectivity index (χ1v) is 11.9. The Morgan fingerprint density at radius 1 is 1.07 bits per heavy atom. The molecule has 4 aliphatic carbocycles. The van der Waals surface area contributed by atoms with Crippen LogP contribution >= 0.6 is 0 Å². The molecular weight excluding hydrogens is 376 g/mol. The van der Waals surface area contributed by atoms with Gasteiger partial charge in [-0.25, -0.2) is 4.68 Å². The molecule has 0 N–H and O–H groups in total. The number of aromatic nitrogens is 2. The van der Waals surface area contributed by atoms with E-state index in [-0.39, 0.29) is 23.4 Å². The van der Waals surface area contributed by atoms with E-state index in [4.69, 9.17) is 4.74 Å². The number of hydrogen-bond acceptors (Lipinski definition) is 4. The average Bonchev–Trinajstić information content (AvgIpc) is 3.16. The van der Waals surface area contributed by atoms with Crippen molar-refractivity contribution in [1.29, 1.82) is 0 Å². The molecule has 5 rings (SSSR count). The Bertz CT molecular complexity index is 904. The summed E-state index contributed by atoms with van der Waals surface area (Å²) in [6, 6.07) is 0. The fourth-order valence-electron chi connectivity index (χ4n) is 8.54. The maximum Gasteiger partial charge on any atom is 0.302 e. The third-order valence-electron chi connectivity index (χ3n) is 9.78. The van der Waals surface area contributed by atoms with Gasteiger partial charge in [0.25, 0.3) is 0 Å². The van der Waals surface area contributed by atoms with Gasteiger partial charge >= 0.3 is 5.97 Å². The third kappa shape index (κ3) is 2.69.